The molecule has 2 atom stereocenters. The van der Waals surface area contributed by atoms with Gasteiger partial charge in [-0.2, -0.15) is 0 Å². The first-order valence-electron chi connectivity index (χ1n) is 20.8. The van der Waals surface area contributed by atoms with Crippen LogP contribution in [0.15, 0.2) is 109 Å². The van der Waals surface area contributed by atoms with E-state index in [1.54, 1.807) is 65.6 Å². The molecule has 4 aromatic heterocycles. The lowest BCUT2D eigenvalue weighted by Gasteiger charge is -2.27. The molecule has 0 aliphatic carbocycles. The monoisotopic (exact) mass is 889 g/mol. The Morgan fingerprint density at radius 3 is 1.60 bits per heavy atom. The summed E-state index contributed by atoms with van der Waals surface area (Å²) < 4.78 is 38.9. The fourth-order valence-electron chi connectivity index (χ4n) is 7.67. The molecule has 2 saturated heterocycles. The van der Waals surface area contributed by atoms with Crippen LogP contribution in [-0.4, -0.2) is 90.4 Å². The quantitative estimate of drug-likeness (QED) is 0.133. The van der Waals surface area contributed by atoms with Gasteiger partial charge >= 0.3 is 0 Å². The van der Waals surface area contributed by atoms with Crippen LogP contribution in [0.2, 0.25) is 0 Å². The van der Waals surface area contributed by atoms with Crippen LogP contribution in [0.1, 0.15) is 66.1 Å². The van der Waals surface area contributed by atoms with E-state index in [2.05, 4.69) is 63.2 Å². The van der Waals surface area contributed by atoms with E-state index >= 15 is 0 Å². The molecule has 2 aliphatic rings. The van der Waals surface area contributed by atoms with Crippen LogP contribution >= 0.6 is 22.7 Å². The van der Waals surface area contributed by atoms with E-state index in [1.807, 2.05) is 30.3 Å². The number of likely N-dealkylation sites (tertiary alicyclic amines) is 2. The van der Waals surface area contributed by atoms with E-state index < -0.39 is 10.8 Å². The van der Waals surface area contributed by atoms with Gasteiger partial charge in [-0.05, 0) is 139 Å². The highest BCUT2D eigenvalue weighted by atomic mass is 32.2. The molecule has 0 radical (unpaired) electrons. The van der Waals surface area contributed by atoms with Crippen LogP contribution in [0, 0.1) is 11.6 Å². The van der Waals surface area contributed by atoms with E-state index in [9.17, 15) is 13.0 Å². The number of rotatable bonds is 10. The van der Waals surface area contributed by atoms with Gasteiger partial charge in [-0.15, -0.1) is 22.7 Å². The minimum Gasteiger partial charge on any atom is -0.348 e. The van der Waals surface area contributed by atoms with Gasteiger partial charge in [-0.3, -0.25) is 4.21 Å². The van der Waals surface area contributed by atoms with E-state index in [0.29, 0.717) is 28.6 Å². The second-order valence-electron chi connectivity index (χ2n) is 15.8. The summed E-state index contributed by atoms with van der Waals surface area (Å²) in [5, 5.41) is 5.94. The van der Waals surface area contributed by atoms with Crippen molar-refractivity contribution in [2.24, 2.45) is 0 Å². The molecular formula is C47H49F2N9OS3. The summed E-state index contributed by atoms with van der Waals surface area (Å²) in [4.78, 5) is 34.5. The SMILES string of the molecule is CN1CCC(c2nc(-c3ccc(F)cc3)c(-c3ccnc(S(C)=O)n3)s2)CC1.C[C@H](Nc1nccc(-c2sc(C3CCN(C)CC3)nc2-c2ccc(F)cc2)n1)c1ccccc1. The molecule has 15 heteroatoms. The number of thiazole rings is 2. The van der Waals surface area contributed by atoms with Crippen LogP contribution in [-0.2, 0) is 10.8 Å². The van der Waals surface area contributed by atoms with E-state index in [1.165, 1.54) is 29.8 Å². The molecule has 0 saturated carbocycles. The maximum atomic E-state index is 13.6. The minimum atomic E-state index is -1.26. The molecule has 320 valence electrons. The maximum absolute atomic E-state index is 13.6. The lowest BCUT2D eigenvalue weighted by Crippen LogP contribution is -2.29. The number of benzene rings is 3. The van der Waals surface area contributed by atoms with E-state index in [4.69, 9.17) is 15.0 Å². The lowest BCUT2D eigenvalue weighted by molar-refractivity contribution is 0.255. The van der Waals surface area contributed by atoms with E-state index in [0.717, 1.165) is 99.8 Å². The first-order valence-corrected chi connectivity index (χ1v) is 24.0. The average Bonchev–Trinajstić information content (AvgIpc) is 3.95. The van der Waals surface area contributed by atoms with Crippen molar-refractivity contribution in [3.63, 3.8) is 0 Å². The highest BCUT2D eigenvalue weighted by Crippen LogP contribution is 2.43. The zero-order valence-electron chi connectivity index (χ0n) is 35.2. The standard InChI is InChI=1S/C27H28FN5S.C20H21FN4OS2/c1-18(19-6-4-3-5-7-19)30-27-29-15-12-23(31-27)25-24(20-8-10-22(28)11-9-20)32-26(34-25)21-13-16-33(2)17-14-21;1-25-11-8-14(9-12-25)19-24-17(13-3-5-15(21)6-4-13)18(27-19)16-7-10-22-20(23-16)28(2)26/h3-12,15,18,21H,13-14,16-17H2,1-2H3,(H,29,30,31);3-7,10,14H,8-9,11-12H2,1-2H3/t18-;/m0./s1. The third-order valence-electron chi connectivity index (χ3n) is 11.3. The summed E-state index contributed by atoms with van der Waals surface area (Å²) in [6.07, 6.45) is 9.31. The average molecular weight is 890 g/mol. The number of nitrogens with zero attached hydrogens (tertiary/aromatic N) is 8. The smallest absolute Gasteiger partial charge is 0.223 e. The molecule has 1 unspecified atom stereocenters. The van der Waals surface area contributed by atoms with Crippen LogP contribution in [0.3, 0.4) is 0 Å². The fraction of sp³-hybridized carbons (Fsp3) is 0.319. The van der Waals surface area contributed by atoms with Gasteiger partial charge in [0.15, 0.2) is 0 Å². The second kappa shape index (κ2) is 19.9. The molecule has 10 nitrogen and oxygen atoms in total. The molecular weight excluding hydrogens is 841 g/mol. The Bertz CT molecular complexity index is 2590. The van der Waals surface area contributed by atoms with E-state index in [-0.39, 0.29) is 17.7 Å². The van der Waals surface area contributed by atoms with Gasteiger partial charge in [-0.25, -0.2) is 38.7 Å². The third kappa shape index (κ3) is 10.5. The zero-order valence-corrected chi connectivity index (χ0v) is 37.6. The van der Waals surface area contributed by atoms with Crippen molar-refractivity contribution in [2.75, 3.05) is 51.8 Å². The molecule has 2 aliphatic heterocycles. The molecule has 0 amide bonds. The molecule has 2 fully saturated rings. The van der Waals surface area contributed by atoms with Crippen molar-refractivity contribution >= 4 is 39.4 Å². The van der Waals surface area contributed by atoms with Crippen molar-refractivity contribution in [3.05, 3.63) is 131 Å². The predicted molar refractivity (Wildman–Crippen MR) is 247 cm³/mol. The topological polar surface area (TPSA) is 113 Å². The van der Waals surface area contributed by atoms with Gasteiger partial charge in [0.25, 0.3) is 0 Å². The molecule has 6 heterocycles. The maximum Gasteiger partial charge on any atom is 0.223 e. The van der Waals surface area contributed by atoms with Crippen LogP contribution in [0.5, 0.6) is 0 Å². The Morgan fingerprint density at radius 1 is 0.645 bits per heavy atom. The van der Waals surface area contributed by atoms with Crippen molar-refractivity contribution in [2.45, 2.75) is 55.6 Å². The predicted octanol–water partition coefficient (Wildman–Crippen LogP) is 10.3. The molecule has 0 spiro atoms. The first-order chi connectivity index (χ1) is 30.1. The number of piperidine rings is 2. The number of hydrogen-bond donors (Lipinski definition) is 1. The molecule has 7 aromatic rings. The normalized spacial score (nSPS) is 16.4. The first kappa shape index (κ1) is 43.5. The summed E-state index contributed by atoms with van der Waals surface area (Å²) >= 11 is 3.33. The van der Waals surface area contributed by atoms with Gasteiger partial charge in [0.2, 0.25) is 11.1 Å². The van der Waals surface area contributed by atoms with Gasteiger partial charge < -0.3 is 15.1 Å². The Balaban J connectivity index is 0.000000174. The summed E-state index contributed by atoms with van der Waals surface area (Å²) in [7, 11) is 3.04. The number of aromatic nitrogens is 6. The van der Waals surface area contributed by atoms with Gasteiger partial charge in [0.1, 0.15) is 11.6 Å². The van der Waals surface area contributed by atoms with Crippen LogP contribution in [0.4, 0.5) is 14.7 Å². The Morgan fingerprint density at radius 2 is 1.11 bits per heavy atom. The van der Waals surface area contributed by atoms with Crippen LogP contribution < -0.4 is 5.32 Å². The summed E-state index contributed by atoms with van der Waals surface area (Å²) in [6.45, 7) is 6.35. The third-order valence-corrected chi connectivity index (χ3v) is 14.5. The summed E-state index contributed by atoms with van der Waals surface area (Å²) in [5.41, 5.74) is 6.11. The Kier molecular flexibility index (Phi) is 13.9. The van der Waals surface area contributed by atoms with Crippen LogP contribution in [0.25, 0.3) is 43.7 Å². The number of anilines is 1. The number of halogens is 2. The van der Waals surface area contributed by atoms with Gasteiger partial charge in [0, 0.05) is 41.6 Å². The van der Waals surface area contributed by atoms with Gasteiger partial charge in [-0.1, -0.05) is 30.3 Å². The van der Waals surface area contributed by atoms with Crippen molar-refractivity contribution < 1.29 is 13.0 Å². The molecule has 3 aromatic carbocycles. The zero-order chi connectivity index (χ0) is 43.2. The fourth-order valence-corrected chi connectivity index (χ4v) is 10.6. The molecule has 1 N–H and O–H groups in total. The highest BCUT2D eigenvalue weighted by molar-refractivity contribution is 7.84. The minimum absolute atomic E-state index is 0.0734. The Hall–Kier alpha value is -5.19. The summed E-state index contributed by atoms with van der Waals surface area (Å²) in [5.74, 6) is 0.900. The molecule has 9 rings (SSSR count). The molecule has 0 bridgehead atoms. The molecule has 62 heavy (non-hydrogen) atoms. The summed E-state index contributed by atoms with van der Waals surface area (Å²) in [6, 6.07) is 27.0. The number of hydrogen-bond acceptors (Lipinski definition) is 12. The Labute approximate surface area is 372 Å². The second-order valence-corrected chi connectivity index (χ2v) is 19.2. The number of nitrogens with one attached hydrogen (secondary N) is 1. The van der Waals surface area contributed by atoms with Crippen molar-refractivity contribution in [1.29, 1.82) is 0 Å². The largest absolute Gasteiger partial charge is 0.348 e. The van der Waals surface area contributed by atoms with Gasteiger partial charge in [0.05, 0.1) is 59.4 Å². The highest BCUT2D eigenvalue weighted by Gasteiger charge is 2.27. The van der Waals surface area contributed by atoms with Crippen molar-refractivity contribution in [3.8, 4) is 43.7 Å². The van der Waals surface area contributed by atoms with Crippen molar-refractivity contribution in [1.82, 2.24) is 39.7 Å². The lowest BCUT2D eigenvalue weighted by atomic mass is 9.98.